The third kappa shape index (κ3) is 2.11. The van der Waals surface area contributed by atoms with Gasteiger partial charge in [-0.25, -0.2) is 4.98 Å². The van der Waals surface area contributed by atoms with Gasteiger partial charge in [0.05, 0.1) is 18.3 Å². The zero-order valence-electron chi connectivity index (χ0n) is 11.3. The molecule has 4 nitrogen and oxygen atoms in total. The lowest BCUT2D eigenvalue weighted by molar-refractivity contribution is 0.00578. The van der Waals surface area contributed by atoms with Crippen LogP contribution < -0.4 is 10.2 Å². The topological polar surface area (TPSA) is 40.6 Å². The summed E-state index contributed by atoms with van der Waals surface area (Å²) in [5, 5.41) is 0.429. The minimum atomic E-state index is -0.501. The van der Waals surface area contributed by atoms with Crippen molar-refractivity contribution in [3.05, 3.63) is 17.3 Å². The Balaban J connectivity index is 2.35. The van der Waals surface area contributed by atoms with Crippen LogP contribution in [-0.4, -0.2) is 30.4 Å². The zero-order chi connectivity index (χ0) is 13.6. The molecule has 1 aromatic rings. The second-order valence-electron chi connectivity index (χ2n) is 5.31. The Bertz CT molecular complexity index is 449. The van der Waals surface area contributed by atoms with E-state index in [2.05, 4.69) is 4.98 Å². The summed E-state index contributed by atoms with van der Waals surface area (Å²) in [7, 11) is 1.03. The Hall–Kier alpha value is -0.775. The summed E-state index contributed by atoms with van der Waals surface area (Å²) in [6.07, 6.45) is 1.63. The van der Waals surface area contributed by atoms with E-state index in [9.17, 15) is 0 Å². The van der Waals surface area contributed by atoms with Crippen LogP contribution in [-0.2, 0) is 9.31 Å². The molecule has 0 aromatic carbocycles. The summed E-state index contributed by atoms with van der Waals surface area (Å²) in [4.78, 5) is 4.04. The maximum absolute atomic E-state index is 6.23. The van der Waals surface area contributed by atoms with Crippen LogP contribution in [0.5, 0.6) is 5.88 Å². The lowest BCUT2D eigenvalue weighted by atomic mass is 9.79. The van der Waals surface area contributed by atoms with Gasteiger partial charge in [0.2, 0.25) is 5.88 Å². The Morgan fingerprint density at radius 3 is 2.28 bits per heavy atom. The molecule has 0 radical (unpaired) electrons. The molecule has 0 unspecified atom stereocenters. The molecule has 1 aliphatic heterocycles. The second-order valence-corrected chi connectivity index (χ2v) is 5.69. The first-order valence-electron chi connectivity index (χ1n) is 5.82. The lowest BCUT2D eigenvalue weighted by Crippen LogP contribution is -2.41. The number of nitrogens with zero attached hydrogens (tertiary/aromatic N) is 1. The van der Waals surface area contributed by atoms with Crippen LogP contribution in [0, 0.1) is 0 Å². The number of rotatable bonds is 2. The van der Waals surface area contributed by atoms with Gasteiger partial charge in [0.25, 0.3) is 0 Å². The van der Waals surface area contributed by atoms with Gasteiger partial charge >= 0.3 is 7.12 Å². The van der Waals surface area contributed by atoms with Gasteiger partial charge in [-0.15, -0.1) is 0 Å². The van der Waals surface area contributed by atoms with E-state index in [0.29, 0.717) is 10.9 Å². The number of hydrogen-bond donors (Lipinski definition) is 0. The molecule has 2 rings (SSSR count). The highest BCUT2D eigenvalue weighted by atomic mass is 35.5. The lowest BCUT2D eigenvalue weighted by Gasteiger charge is -2.32. The normalized spacial score (nSPS) is 21.1. The van der Waals surface area contributed by atoms with E-state index >= 15 is 0 Å². The molecule has 0 bridgehead atoms. The number of methoxy groups -OCH3 is 1. The summed E-state index contributed by atoms with van der Waals surface area (Å²) in [6, 6.07) is 1.78. The van der Waals surface area contributed by atoms with E-state index in [0.717, 1.165) is 5.46 Å². The third-order valence-corrected chi connectivity index (χ3v) is 3.97. The first-order valence-corrected chi connectivity index (χ1v) is 6.20. The van der Waals surface area contributed by atoms with Crippen LogP contribution in [0.15, 0.2) is 12.3 Å². The van der Waals surface area contributed by atoms with Crippen molar-refractivity contribution in [3.63, 3.8) is 0 Å². The molecule has 2 heterocycles. The first-order chi connectivity index (χ1) is 8.28. The smallest absolute Gasteiger partial charge is 0.480 e. The molecule has 1 saturated heterocycles. The van der Waals surface area contributed by atoms with Crippen molar-refractivity contribution < 1.29 is 14.0 Å². The fourth-order valence-electron chi connectivity index (χ4n) is 1.73. The van der Waals surface area contributed by atoms with Gasteiger partial charge in [-0.05, 0) is 33.8 Å². The van der Waals surface area contributed by atoms with Gasteiger partial charge in [0.1, 0.15) is 5.02 Å². The molecular formula is C12H17BClNO3. The Kier molecular flexibility index (Phi) is 3.34. The molecule has 0 saturated carbocycles. The van der Waals surface area contributed by atoms with Crippen LogP contribution in [0.3, 0.4) is 0 Å². The van der Waals surface area contributed by atoms with E-state index in [1.807, 2.05) is 27.7 Å². The van der Waals surface area contributed by atoms with Gasteiger partial charge < -0.3 is 14.0 Å². The van der Waals surface area contributed by atoms with Gasteiger partial charge in [-0.3, -0.25) is 0 Å². The van der Waals surface area contributed by atoms with Crippen LogP contribution in [0.2, 0.25) is 5.02 Å². The molecule has 1 aromatic heterocycles. The summed E-state index contributed by atoms with van der Waals surface area (Å²) in [6.45, 7) is 8.00. The summed E-state index contributed by atoms with van der Waals surface area (Å²) < 4.78 is 17.0. The predicted octanol–water partition coefficient (Wildman–Crippen LogP) is 2.04. The SMILES string of the molecule is COc1nccc(B2OC(C)(C)C(C)(C)O2)c1Cl. The summed E-state index contributed by atoms with van der Waals surface area (Å²) in [5.74, 6) is 0.379. The fraction of sp³-hybridized carbons (Fsp3) is 0.583. The average molecular weight is 270 g/mol. The molecule has 0 spiro atoms. The maximum Gasteiger partial charge on any atom is 0.496 e. The van der Waals surface area contributed by atoms with E-state index in [4.69, 9.17) is 25.6 Å². The van der Waals surface area contributed by atoms with Crippen molar-refractivity contribution >= 4 is 24.2 Å². The molecule has 1 aliphatic rings. The van der Waals surface area contributed by atoms with E-state index < -0.39 is 18.3 Å². The van der Waals surface area contributed by atoms with Crippen LogP contribution in [0.1, 0.15) is 27.7 Å². The minimum absolute atomic E-state index is 0.379. The number of ether oxygens (including phenoxy) is 1. The molecule has 18 heavy (non-hydrogen) atoms. The van der Waals surface area contributed by atoms with Gasteiger partial charge in [0, 0.05) is 11.7 Å². The van der Waals surface area contributed by atoms with Crippen molar-refractivity contribution in [2.45, 2.75) is 38.9 Å². The van der Waals surface area contributed by atoms with E-state index in [-0.39, 0.29) is 0 Å². The van der Waals surface area contributed by atoms with Gasteiger partial charge in [-0.2, -0.15) is 0 Å². The Morgan fingerprint density at radius 1 is 1.22 bits per heavy atom. The number of pyridine rings is 1. The maximum atomic E-state index is 6.23. The van der Waals surface area contributed by atoms with Crippen molar-refractivity contribution in [2.24, 2.45) is 0 Å². The van der Waals surface area contributed by atoms with Crippen molar-refractivity contribution in [1.29, 1.82) is 0 Å². The molecule has 0 amide bonds. The fourth-order valence-corrected chi connectivity index (χ4v) is 2.01. The molecule has 98 valence electrons. The second kappa shape index (κ2) is 4.40. The number of aromatic nitrogens is 1. The van der Waals surface area contributed by atoms with Crippen molar-refractivity contribution in [1.82, 2.24) is 4.98 Å². The largest absolute Gasteiger partial charge is 0.496 e. The molecule has 0 aliphatic carbocycles. The minimum Gasteiger partial charge on any atom is -0.480 e. The molecular weight excluding hydrogens is 252 g/mol. The number of halogens is 1. The zero-order valence-corrected chi connectivity index (χ0v) is 12.0. The van der Waals surface area contributed by atoms with E-state index in [1.165, 1.54) is 7.11 Å². The van der Waals surface area contributed by atoms with Crippen molar-refractivity contribution in [2.75, 3.05) is 7.11 Å². The van der Waals surface area contributed by atoms with E-state index in [1.54, 1.807) is 12.3 Å². The third-order valence-electron chi connectivity index (χ3n) is 3.59. The number of hydrogen-bond acceptors (Lipinski definition) is 4. The van der Waals surface area contributed by atoms with Crippen LogP contribution in [0.25, 0.3) is 0 Å². The summed E-state index contributed by atoms with van der Waals surface area (Å²) in [5.41, 5.74) is -0.0446. The van der Waals surface area contributed by atoms with Gasteiger partial charge in [-0.1, -0.05) is 11.6 Å². The highest BCUT2D eigenvalue weighted by molar-refractivity contribution is 6.65. The summed E-state index contributed by atoms with van der Waals surface area (Å²) >= 11 is 6.23. The quantitative estimate of drug-likeness (QED) is 0.771. The Labute approximate surface area is 113 Å². The molecule has 0 N–H and O–H groups in total. The van der Waals surface area contributed by atoms with Crippen LogP contribution in [0.4, 0.5) is 0 Å². The van der Waals surface area contributed by atoms with Crippen molar-refractivity contribution in [3.8, 4) is 5.88 Å². The standard InChI is InChI=1S/C12H17BClNO3/c1-11(2)12(3,4)18-13(17-11)8-6-7-15-10(16-5)9(8)14/h6-7H,1-5H3. The predicted molar refractivity (Wildman–Crippen MR) is 71.5 cm³/mol. The molecule has 0 atom stereocenters. The molecule has 6 heteroatoms. The highest BCUT2D eigenvalue weighted by Crippen LogP contribution is 2.37. The average Bonchev–Trinajstić information content (AvgIpc) is 2.48. The van der Waals surface area contributed by atoms with Gasteiger partial charge in [0.15, 0.2) is 0 Å². The molecule has 1 fully saturated rings. The first kappa shape index (κ1) is 13.7. The van der Waals surface area contributed by atoms with Crippen LogP contribution >= 0.6 is 11.6 Å². The monoisotopic (exact) mass is 269 g/mol. The Morgan fingerprint density at radius 2 is 1.78 bits per heavy atom. The highest BCUT2D eigenvalue weighted by Gasteiger charge is 2.52.